The molecule has 0 spiro atoms. The molecule has 2 aromatic carbocycles. The number of nitrogens with zero attached hydrogens (tertiary/aromatic N) is 1. The van der Waals surface area contributed by atoms with Crippen LogP contribution in [0.2, 0.25) is 0 Å². The molecule has 4 rings (SSSR count). The fourth-order valence-corrected chi connectivity index (χ4v) is 4.35. The van der Waals surface area contributed by atoms with Gasteiger partial charge in [-0.05, 0) is 29.0 Å². The molecular formula is C24H21NO3S. The van der Waals surface area contributed by atoms with Gasteiger partial charge < -0.3 is 10.0 Å². The van der Waals surface area contributed by atoms with E-state index in [4.69, 9.17) is 0 Å². The highest BCUT2D eigenvalue weighted by Crippen LogP contribution is 2.40. The van der Waals surface area contributed by atoms with Crippen LogP contribution in [0.15, 0.2) is 77.7 Å². The Morgan fingerprint density at radius 1 is 1.00 bits per heavy atom. The number of benzene rings is 2. The van der Waals surface area contributed by atoms with E-state index in [0.717, 1.165) is 22.4 Å². The molecular weight excluding hydrogens is 382 g/mol. The predicted molar refractivity (Wildman–Crippen MR) is 114 cm³/mol. The van der Waals surface area contributed by atoms with Crippen molar-refractivity contribution in [3.05, 3.63) is 99.3 Å². The van der Waals surface area contributed by atoms with Crippen LogP contribution in [-0.4, -0.2) is 21.7 Å². The van der Waals surface area contributed by atoms with Gasteiger partial charge >= 0.3 is 0 Å². The molecule has 1 unspecified atom stereocenters. The monoisotopic (exact) mass is 403 g/mol. The van der Waals surface area contributed by atoms with Gasteiger partial charge in [-0.3, -0.25) is 9.59 Å². The van der Waals surface area contributed by atoms with Crippen LogP contribution in [0.25, 0.3) is 5.76 Å². The maximum absolute atomic E-state index is 13.0. The van der Waals surface area contributed by atoms with Gasteiger partial charge in [0.1, 0.15) is 5.76 Å². The van der Waals surface area contributed by atoms with Crippen molar-refractivity contribution in [2.45, 2.75) is 25.9 Å². The molecule has 2 heterocycles. The molecule has 1 aromatic heterocycles. The van der Waals surface area contributed by atoms with E-state index in [2.05, 4.69) is 6.92 Å². The summed E-state index contributed by atoms with van der Waals surface area (Å²) < 4.78 is 0. The Kier molecular flexibility index (Phi) is 5.32. The van der Waals surface area contributed by atoms with Crippen molar-refractivity contribution >= 4 is 28.8 Å². The predicted octanol–water partition coefficient (Wildman–Crippen LogP) is 4.93. The lowest BCUT2D eigenvalue weighted by Gasteiger charge is -2.24. The van der Waals surface area contributed by atoms with Crippen molar-refractivity contribution < 1.29 is 14.7 Å². The van der Waals surface area contributed by atoms with Crippen molar-refractivity contribution in [2.75, 3.05) is 0 Å². The summed E-state index contributed by atoms with van der Waals surface area (Å²) in [5, 5.41) is 13.0. The average Bonchev–Trinajstić information content (AvgIpc) is 3.36. The maximum atomic E-state index is 13.0. The molecule has 1 saturated heterocycles. The molecule has 1 atom stereocenters. The Hall–Kier alpha value is -3.18. The van der Waals surface area contributed by atoms with Gasteiger partial charge in [0.15, 0.2) is 0 Å². The van der Waals surface area contributed by atoms with Crippen LogP contribution in [0.5, 0.6) is 0 Å². The Balaban J connectivity index is 1.83. The Labute approximate surface area is 173 Å². The molecule has 0 bridgehead atoms. The third kappa shape index (κ3) is 3.61. The van der Waals surface area contributed by atoms with E-state index in [9.17, 15) is 14.7 Å². The van der Waals surface area contributed by atoms with Crippen molar-refractivity contribution in [3.63, 3.8) is 0 Å². The number of likely N-dealkylation sites (tertiary alicyclic amines) is 1. The van der Waals surface area contributed by atoms with E-state index in [1.54, 1.807) is 17.0 Å². The van der Waals surface area contributed by atoms with E-state index >= 15 is 0 Å². The summed E-state index contributed by atoms with van der Waals surface area (Å²) in [6.45, 7) is 2.38. The summed E-state index contributed by atoms with van der Waals surface area (Å²) in [6.07, 6.45) is 0.885. The molecule has 0 saturated carbocycles. The second-order valence-corrected chi connectivity index (χ2v) is 8.00. The van der Waals surface area contributed by atoms with Gasteiger partial charge in [-0.2, -0.15) is 0 Å². The number of Topliss-reactive ketones (excluding diaryl/α,β-unsaturated/α-hetero) is 1. The molecule has 1 fully saturated rings. The number of carbonyl (C=O) groups excluding carboxylic acids is 2. The van der Waals surface area contributed by atoms with E-state index < -0.39 is 17.7 Å². The van der Waals surface area contributed by atoms with Crippen LogP contribution in [0.1, 0.15) is 34.5 Å². The van der Waals surface area contributed by atoms with Gasteiger partial charge in [0, 0.05) is 10.4 Å². The number of hydrogen-bond donors (Lipinski definition) is 1. The minimum absolute atomic E-state index is 0.131. The number of aryl methyl sites for hydroxylation is 1. The molecule has 1 N–H and O–H groups in total. The molecule has 5 heteroatoms. The molecule has 3 aromatic rings. The van der Waals surface area contributed by atoms with Gasteiger partial charge in [-0.15, -0.1) is 11.3 Å². The second-order valence-electron chi connectivity index (χ2n) is 6.97. The summed E-state index contributed by atoms with van der Waals surface area (Å²) in [4.78, 5) is 28.4. The van der Waals surface area contributed by atoms with Crippen LogP contribution < -0.4 is 0 Å². The molecule has 1 aliphatic heterocycles. The van der Waals surface area contributed by atoms with Crippen LogP contribution >= 0.6 is 11.3 Å². The number of amides is 1. The fourth-order valence-electron chi connectivity index (χ4n) is 3.65. The van der Waals surface area contributed by atoms with Crippen LogP contribution in [0, 0.1) is 0 Å². The first-order valence-corrected chi connectivity index (χ1v) is 10.4. The minimum atomic E-state index is -0.646. The van der Waals surface area contributed by atoms with Gasteiger partial charge in [0.25, 0.3) is 11.7 Å². The number of carbonyl (C=O) groups is 2. The SMILES string of the molecule is CCc1ccc(/C(O)=C2/C(=O)C(=O)N(Cc3cccs3)C2c2ccccc2)cc1. The number of aliphatic hydroxyl groups excluding tert-OH is 1. The highest BCUT2D eigenvalue weighted by atomic mass is 32.1. The fraction of sp³-hybridized carbons (Fsp3) is 0.167. The van der Waals surface area contributed by atoms with Gasteiger partial charge in [0.2, 0.25) is 0 Å². The topological polar surface area (TPSA) is 57.6 Å². The van der Waals surface area contributed by atoms with Crippen molar-refractivity contribution in [1.29, 1.82) is 0 Å². The molecule has 0 aliphatic carbocycles. The lowest BCUT2D eigenvalue weighted by molar-refractivity contribution is -0.140. The largest absolute Gasteiger partial charge is 0.507 e. The number of ketones is 1. The number of rotatable bonds is 5. The smallest absolute Gasteiger partial charge is 0.295 e. The highest BCUT2D eigenvalue weighted by Gasteiger charge is 2.46. The molecule has 29 heavy (non-hydrogen) atoms. The molecule has 146 valence electrons. The van der Waals surface area contributed by atoms with Crippen LogP contribution in [0.4, 0.5) is 0 Å². The van der Waals surface area contributed by atoms with Gasteiger partial charge in [0.05, 0.1) is 18.2 Å². The van der Waals surface area contributed by atoms with Crippen molar-refractivity contribution in [2.24, 2.45) is 0 Å². The zero-order valence-corrected chi connectivity index (χ0v) is 16.9. The highest BCUT2D eigenvalue weighted by molar-refractivity contribution is 7.09. The number of hydrogen-bond acceptors (Lipinski definition) is 4. The first-order valence-electron chi connectivity index (χ1n) is 9.55. The normalized spacial score (nSPS) is 18.4. The third-order valence-corrected chi connectivity index (χ3v) is 6.06. The Morgan fingerprint density at radius 3 is 2.34 bits per heavy atom. The lowest BCUT2D eigenvalue weighted by atomic mass is 9.95. The van der Waals surface area contributed by atoms with E-state index in [-0.39, 0.29) is 11.3 Å². The van der Waals surface area contributed by atoms with E-state index in [1.807, 2.05) is 60.0 Å². The molecule has 1 aliphatic rings. The first-order chi connectivity index (χ1) is 14.1. The quantitative estimate of drug-likeness (QED) is 0.373. The number of thiophene rings is 1. The lowest BCUT2D eigenvalue weighted by Crippen LogP contribution is -2.28. The number of aliphatic hydroxyl groups is 1. The second kappa shape index (κ2) is 8.05. The van der Waals surface area contributed by atoms with E-state index in [0.29, 0.717) is 12.1 Å². The first kappa shape index (κ1) is 19.2. The summed E-state index contributed by atoms with van der Waals surface area (Å²) in [7, 11) is 0. The maximum Gasteiger partial charge on any atom is 0.295 e. The zero-order valence-electron chi connectivity index (χ0n) is 16.0. The third-order valence-electron chi connectivity index (χ3n) is 5.20. The summed E-state index contributed by atoms with van der Waals surface area (Å²) >= 11 is 1.54. The molecule has 1 amide bonds. The zero-order chi connectivity index (χ0) is 20.4. The van der Waals surface area contributed by atoms with Crippen LogP contribution in [0.3, 0.4) is 0 Å². The Bertz CT molecular complexity index is 1050. The van der Waals surface area contributed by atoms with Crippen molar-refractivity contribution in [1.82, 2.24) is 4.90 Å². The van der Waals surface area contributed by atoms with E-state index in [1.165, 1.54) is 11.3 Å². The Morgan fingerprint density at radius 2 is 1.72 bits per heavy atom. The van der Waals surface area contributed by atoms with Crippen LogP contribution in [-0.2, 0) is 22.6 Å². The van der Waals surface area contributed by atoms with Gasteiger partial charge in [-0.25, -0.2) is 0 Å². The van der Waals surface area contributed by atoms with Gasteiger partial charge in [-0.1, -0.05) is 67.6 Å². The van der Waals surface area contributed by atoms with Crippen molar-refractivity contribution in [3.8, 4) is 0 Å². The molecule has 0 radical (unpaired) electrons. The summed E-state index contributed by atoms with van der Waals surface area (Å²) in [6, 6.07) is 20.1. The minimum Gasteiger partial charge on any atom is -0.507 e. The summed E-state index contributed by atoms with van der Waals surface area (Å²) in [5.74, 6) is -1.36. The molecule has 4 nitrogen and oxygen atoms in total. The standard InChI is InChI=1S/C24H21NO3S/c1-2-16-10-12-18(13-11-16)22(26)20-21(17-7-4-3-5-8-17)25(24(28)23(20)27)15-19-9-6-14-29-19/h3-14,21,26H,2,15H2,1H3/b22-20-. The average molecular weight is 404 g/mol. The summed E-state index contributed by atoms with van der Waals surface area (Å²) in [5.41, 5.74) is 2.62.